The summed E-state index contributed by atoms with van der Waals surface area (Å²) in [5.41, 5.74) is -0.558. The summed E-state index contributed by atoms with van der Waals surface area (Å²) in [5, 5.41) is 13.3. The second-order valence-electron chi connectivity index (χ2n) is 5.77. The Kier molecular flexibility index (Phi) is 6.80. The van der Waals surface area contributed by atoms with Crippen LogP contribution in [-0.4, -0.2) is 47.7 Å². The highest BCUT2D eigenvalue weighted by atomic mass is 16.3. The lowest BCUT2D eigenvalue weighted by atomic mass is 9.92. The molecule has 1 heterocycles. The summed E-state index contributed by atoms with van der Waals surface area (Å²) in [6, 6.07) is 0. The lowest BCUT2D eigenvalue weighted by Crippen LogP contribution is -2.47. The van der Waals surface area contributed by atoms with Gasteiger partial charge in [-0.2, -0.15) is 0 Å². The molecule has 0 spiro atoms. The molecular formula is C15H30N2O2. The van der Waals surface area contributed by atoms with Crippen LogP contribution in [0.15, 0.2) is 0 Å². The molecule has 4 nitrogen and oxygen atoms in total. The van der Waals surface area contributed by atoms with Crippen molar-refractivity contribution in [1.82, 2.24) is 10.2 Å². The van der Waals surface area contributed by atoms with Crippen molar-refractivity contribution in [3.05, 3.63) is 0 Å². The number of hydrogen-bond acceptors (Lipinski definition) is 3. The summed E-state index contributed by atoms with van der Waals surface area (Å²) in [5.74, 6) is 0.377. The fourth-order valence-corrected chi connectivity index (χ4v) is 2.64. The molecule has 0 aromatic heterocycles. The van der Waals surface area contributed by atoms with Crippen LogP contribution < -0.4 is 5.32 Å². The second kappa shape index (κ2) is 7.85. The van der Waals surface area contributed by atoms with E-state index in [0.717, 1.165) is 58.3 Å². The normalized spacial score (nSPS) is 18.5. The van der Waals surface area contributed by atoms with E-state index in [1.54, 1.807) is 0 Å². The Labute approximate surface area is 117 Å². The third-order valence-corrected chi connectivity index (χ3v) is 4.34. The van der Waals surface area contributed by atoms with Crippen molar-refractivity contribution in [2.24, 2.45) is 5.92 Å². The zero-order chi connectivity index (χ0) is 14.3. The minimum atomic E-state index is -0.558. The molecule has 4 heteroatoms. The van der Waals surface area contributed by atoms with Crippen molar-refractivity contribution in [2.75, 3.05) is 26.2 Å². The Hall–Kier alpha value is -0.610. The van der Waals surface area contributed by atoms with Gasteiger partial charge in [0.25, 0.3) is 0 Å². The summed E-state index contributed by atoms with van der Waals surface area (Å²) >= 11 is 0. The monoisotopic (exact) mass is 270 g/mol. The lowest BCUT2D eigenvalue weighted by molar-refractivity contribution is -0.126. The van der Waals surface area contributed by atoms with Crippen molar-refractivity contribution in [2.45, 2.75) is 58.5 Å². The molecule has 19 heavy (non-hydrogen) atoms. The van der Waals surface area contributed by atoms with Crippen molar-refractivity contribution < 1.29 is 9.90 Å². The van der Waals surface area contributed by atoms with E-state index >= 15 is 0 Å². The molecule has 1 amide bonds. The topological polar surface area (TPSA) is 52.6 Å². The van der Waals surface area contributed by atoms with Crippen LogP contribution in [0.4, 0.5) is 0 Å². The van der Waals surface area contributed by atoms with Crippen molar-refractivity contribution in [1.29, 1.82) is 0 Å². The number of nitrogens with zero attached hydrogens (tertiary/aromatic N) is 1. The maximum absolute atomic E-state index is 11.9. The zero-order valence-corrected chi connectivity index (χ0v) is 12.7. The Bertz CT molecular complexity index is 269. The molecule has 0 aliphatic carbocycles. The Morgan fingerprint density at radius 2 is 1.84 bits per heavy atom. The van der Waals surface area contributed by atoms with Gasteiger partial charge in [-0.05, 0) is 45.2 Å². The number of rotatable bonds is 7. The van der Waals surface area contributed by atoms with Crippen LogP contribution in [0.2, 0.25) is 0 Å². The van der Waals surface area contributed by atoms with E-state index in [0.29, 0.717) is 0 Å². The second-order valence-corrected chi connectivity index (χ2v) is 5.77. The van der Waals surface area contributed by atoms with E-state index in [9.17, 15) is 9.90 Å². The van der Waals surface area contributed by atoms with E-state index in [1.807, 2.05) is 13.8 Å². The lowest BCUT2D eigenvalue weighted by Gasteiger charge is -2.37. The minimum absolute atomic E-state index is 0.166. The third kappa shape index (κ3) is 5.11. The summed E-state index contributed by atoms with van der Waals surface area (Å²) < 4.78 is 0. The van der Waals surface area contributed by atoms with Crippen LogP contribution in [0.5, 0.6) is 0 Å². The highest BCUT2D eigenvalue weighted by Crippen LogP contribution is 2.22. The van der Waals surface area contributed by atoms with E-state index in [4.69, 9.17) is 0 Å². The fraction of sp³-hybridized carbons (Fsp3) is 0.933. The maximum Gasteiger partial charge on any atom is 0.223 e. The zero-order valence-electron chi connectivity index (χ0n) is 12.7. The molecular weight excluding hydrogens is 240 g/mol. The average molecular weight is 270 g/mol. The van der Waals surface area contributed by atoms with Gasteiger partial charge in [-0.15, -0.1) is 0 Å². The standard InChI is InChI=1S/C15H30N2O2/c1-4-9-16-14(18)13-7-10-17(11-8-13)12-15(19,5-2)6-3/h13,19H,4-12H2,1-3H3,(H,16,18). The number of carbonyl (C=O) groups excluding carboxylic acids is 1. The first-order valence-corrected chi connectivity index (χ1v) is 7.77. The molecule has 1 fully saturated rings. The molecule has 0 atom stereocenters. The van der Waals surface area contributed by atoms with Gasteiger partial charge >= 0.3 is 0 Å². The van der Waals surface area contributed by atoms with Crippen molar-refractivity contribution in [3.8, 4) is 0 Å². The van der Waals surface area contributed by atoms with Gasteiger partial charge in [-0.3, -0.25) is 4.79 Å². The predicted octanol–water partition coefficient (Wildman–Crippen LogP) is 1.78. The number of aliphatic hydroxyl groups is 1. The van der Waals surface area contributed by atoms with Crippen LogP contribution in [0.1, 0.15) is 52.9 Å². The van der Waals surface area contributed by atoms with Gasteiger partial charge in [0.1, 0.15) is 0 Å². The number of amides is 1. The van der Waals surface area contributed by atoms with Gasteiger partial charge in [0.15, 0.2) is 0 Å². The van der Waals surface area contributed by atoms with Gasteiger partial charge < -0.3 is 15.3 Å². The molecule has 0 saturated carbocycles. The van der Waals surface area contributed by atoms with Crippen LogP contribution in [-0.2, 0) is 4.79 Å². The molecule has 1 rings (SSSR count). The SMILES string of the molecule is CCCNC(=O)C1CCN(CC(O)(CC)CC)CC1. The number of piperidine rings is 1. The first kappa shape index (κ1) is 16.4. The van der Waals surface area contributed by atoms with Gasteiger partial charge in [0, 0.05) is 19.0 Å². The quantitative estimate of drug-likeness (QED) is 0.741. The molecule has 2 N–H and O–H groups in total. The fourth-order valence-electron chi connectivity index (χ4n) is 2.64. The first-order chi connectivity index (χ1) is 9.04. The Balaban J connectivity index is 2.34. The molecule has 0 radical (unpaired) electrons. The first-order valence-electron chi connectivity index (χ1n) is 7.77. The van der Waals surface area contributed by atoms with Crippen LogP contribution in [0.25, 0.3) is 0 Å². The number of hydrogen-bond donors (Lipinski definition) is 2. The van der Waals surface area contributed by atoms with Gasteiger partial charge in [-0.25, -0.2) is 0 Å². The highest BCUT2D eigenvalue weighted by Gasteiger charge is 2.30. The summed E-state index contributed by atoms with van der Waals surface area (Å²) in [7, 11) is 0. The summed E-state index contributed by atoms with van der Waals surface area (Å²) in [6.45, 7) is 9.51. The average Bonchev–Trinajstić information content (AvgIpc) is 2.45. The molecule has 0 aromatic rings. The molecule has 0 bridgehead atoms. The third-order valence-electron chi connectivity index (χ3n) is 4.34. The molecule has 112 valence electrons. The smallest absolute Gasteiger partial charge is 0.223 e. The van der Waals surface area contributed by atoms with E-state index in [-0.39, 0.29) is 11.8 Å². The van der Waals surface area contributed by atoms with Gasteiger partial charge in [0.2, 0.25) is 5.91 Å². The maximum atomic E-state index is 11.9. The number of carbonyl (C=O) groups is 1. The van der Waals surface area contributed by atoms with Crippen molar-refractivity contribution >= 4 is 5.91 Å². The number of nitrogens with one attached hydrogen (secondary N) is 1. The highest BCUT2D eigenvalue weighted by molar-refractivity contribution is 5.78. The molecule has 0 unspecified atom stereocenters. The minimum Gasteiger partial charge on any atom is -0.389 e. The van der Waals surface area contributed by atoms with Crippen molar-refractivity contribution in [3.63, 3.8) is 0 Å². The number of likely N-dealkylation sites (tertiary alicyclic amines) is 1. The Morgan fingerprint density at radius 3 is 2.32 bits per heavy atom. The predicted molar refractivity (Wildman–Crippen MR) is 78.0 cm³/mol. The van der Waals surface area contributed by atoms with E-state index in [2.05, 4.69) is 17.1 Å². The number of β-amino-alcohol motifs (C(OH)–C–C–N with tert-alkyl or cyclic N) is 1. The molecule has 1 aliphatic rings. The van der Waals surface area contributed by atoms with E-state index in [1.165, 1.54) is 0 Å². The van der Waals surface area contributed by atoms with E-state index < -0.39 is 5.60 Å². The molecule has 1 aliphatic heterocycles. The largest absolute Gasteiger partial charge is 0.389 e. The summed E-state index contributed by atoms with van der Waals surface area (Å²) in [6.07, 6.45) is 4.41. The van der Waals surface area contributed by atoms with Gasteiger partial charge in [0.05, 0.1) is 5.60 Å². The molecule has 1 saturated heterocycles. The summed E-state index contributed by atoms with van der Waals surface area (Å²) in [4.78, 5) is 14.2. The Morgan fingerprint density at radius 1 is 1.26 bits per heavy atom. The van der Waals surface area contributed by atoms with Crippen LogP contribution in [0, 0.1) is 5.92 Å². The van der Waals surface area contributed by atoms with Crippen LogP contribution >= 0.6 is 0 Å². The van der Waals surface area contributed by atoms with Crippen LogP contribution in [0.3, 0.4) is 0 Å². The van der Waals surface area contributed by atoms with Gasteiger partial charge in [-0.1, -0.05) is 20.8 Å². The molecule has 0 aromatic carbocycles.